The van der Waals surface area contributed by atoms with Crippen LogP contribution in [-0.4, -0.2) is 31.4 Å². The molecule has 20 heavy (non-hydrogen) atoms. The lowest BCUT2D eigenvalue weighted by molar-refractivity contribution is -0.165. The number of benzene rings is 1. The second kappa shape index (κ2) is 6.27. The zero-order valence-electron chi connectivity index (χ0n) is 11.4. The van der Waals surface area contributed by atoms with E-state index in [0.717, 1.165) is 5.56 Å². The first-order valence-electron chi connectivity index (χ1n) is 6.34. The Hall–Kier alpha value is -2.24. The first kappa shape index (κ1) is 14.2. The van der Waals surface area contributed by atoms with Crippen LogP contribution in [0.15, 0.2) is 18.2 Å². The summed E-state index contributed by atoms with van der Waals surface area (Å²) >= 11 is 0. The molecule has 1 heterocycles. The minimum atomic E-state index is -0.906. The number of hydrogen-bond acceptors (Lipinski definition) is 6. The molecule has 2 rings (SSSR count). The van der Waals surface area contributed by atoms with Crippen LogP contribution in [0.3, 0.4) is 0 Å². The minimum absolute atomic E-state index is 0.0559. The lowest BCUT2D eigenvalue weighted by Crippen LogP contribution is -2.27. The molecule has 0 spiro atoms. The molecule has 0 aliphatic carbocycles. The van der Waals surface area contributed by atoms with Crippen LogP contribution in [-0.2, 0) is 25.5 Å². The first-order valence-corrected chi connectivity index (χ1v) is 6.34. The normalized spacial score (nSPS) is 13.7. The number of carbonyl (C=O) groups excluding carboxylic acids is 2. The second-order valence-electron chi connectivity index (χ2n) is 4.25. The van der Waals surface area contributed by atoms with Gasteiger partial charge in [0.1, 0.15) is 0 Å². The summed E-state index contributed by atoms with van der Waals surface area (Å²) in [6, 6.07) is 5.21. The molecule has 0 N–H and O–H groups in total. The molecule has 0 saturated heterocycles. The van der Waals surface area contributed by atoms with Gasteiger partial charge in [-0.15, -0.1) is 0 Å². The Morgan fingerprint density at radius 1 is 1.30 bits per heavy atom. The standard InChI is InChI=1S/C14H16O6/c1-3-17-14(16)9(2)20-13(15)7-10-4-5-11-12(6-10)19-8-18-11/h4-6,9H,3,7-8H2,1-2H3/t9-/m0/s1. The van der Waals surface area contributed by atoms with E-state index in [1.807, 2.05) is 0 Å². The molecular formula is C14H16O6. The average molecular weight is 280 g/mol. The Labute approximate surface area is 116 Å². The Balaban J connectivity index is 1.90. The maximum atomic E-state index is 11.7. The largest absolute Gasteiger partial charge is 0.463 e. The number of carbonyl (C=O) groups is 2. The molecule has 1 atom stereocenters. The van der Waals surface area contributed by atoms with Gasteiger partial charge in [-0.05, 0) is 31.5 Å². The summed E-state index contributed by atoms with van der Waals surface area (Å²) in [4.78, 5) is 23.1. The molecule has 6 nitrogen and oxygen atoms in total. The van der Waals surface area contributed by atoms with Gasteiger partial charge >= 0.3 is 11.9 Å². The van der Waals surface area contributed by atoms with Crippen molar-refractivity contribution in [3.63, 3.8) is 0 Å². The molecule has 1 aromatic rings. The van der Waals surface area contributed by atoms with Crippen molar-refractivity contribution in [2.45, 2.75) is 26.4 Å². The van der Waals surface area contributed by atoms with E-state index in [-0.39, 0.29) is 19.8 Å². The lowest BCUT2D eigenvalue weighted by atomic mass is 10.1. The zero-order chi connectivity index (χ0) is 14.5. The van der Waals surface area contributed by atoms with Gasteiger partial charge in [-0.2, -0.15) is 0 Å². The van der Waals surface area contributed by atoms with Crippen LogP contribution in [0.1, 0.15) is 19.4 Å². The molecule has 0 radical (unpaired) electrons. The lowest BCUT2D eigenvalue weighted by Gasteiger charge is -2.12. The van der Waals surface area contributed by atoms with E-state index in [9.17, 15) is 9.59 Å². The van der Waals surface area contributed by atoms with Gasteiger partial charge in [0.2, 0.25) is 6.79 Å². The number of rotatable bonds is 5. The summed E-state index contributed by atoms with van der Waals surface area (Å²) in [7, 11) is 0. The SMILES string of the molecule is CCOC(=O)[C@H](C)OC(=O)Cc1ccc2c(c1)OCO2. The van der Waals surface area contributed by atoms with E-state index in [2.05, 4.69) is 0 Å². The third-order valence-electron chi connectivity index (χ3n) is 2.71. The van der Waals surface area contributed by atoms with Crippen molar-refractivity contribution in [1.82, 2.24) is 0 Å². The highest BCUT2D eigenvalue weighted by molar-refractivity contribution is 5.80. The van der Waals surface area contributed by atoms with Crippen LogP contribution >= 0.6 is 0 Å². The van der Waals surface area contributed by atoms with Gasteiger partial charge in [-0.3, -0.25) is 4.79 Å². The second-order valence-corrected chi connectivity index (χ2v) is 4.25. The summed E-state index contributed by atoms with van der Waals surface area (Å²) in [5.74, 6) is 0.215. The molecule has 1 aliphatic heterocycles. The summed E-state index contributed by atoms with van der Waals surface area (Å²) in [6.45, 7) is 3.61. The molecule has 0 amide bonds. The molecule has 1 aromatic carbocycles. The van der Waals surface area contributed by atoms with E-state index < -0.39 is 18.0 Å². The minimum Gasteiger partial charge on any atom is -0.463 e. The van der Waals surface area contributed by atoms with Crippen molar-refractivity contribution in [3.8, 4) is 11.5 Å². The van der Waals surface area contributed by atoms with Gasteiger partial charge in [0, 0.05) is 0 Å². The number of esters is 2. The van der Waals surface area contributed by atoms with Crippen LogP contribution in [0.25, 0.3) is 0 Å². The first-order chi connectivity index (χ1) is 9.60. The van der Waals surface area contributed by atoms with E-state index in [1.54, 1.807) is 25.1 Å². The summed E-state index contributed by atoms with van der Waals surface area (Å²) < 4.78 is 20.2. The summed E-state index contributed by atoms with van der Waals surface area (Å²) in [5, 5.41) is 0. The molecule has 108 valence electrons. The fourth-order valence-corrected chi connectivity index (χ4v) is 1.76. The molecule has 0 bridgehead atoms. The maximum absolute atomic E-state index is 11.7. The molecule has 0 saturated carbocycles. The van der Waals surface area contributed by atoms with Gasteiger partial charge in [-0.1, -0.05) is 6.07 Å². The van der Waals surface area contributed by atoms with Crippen molar-refractivity contribution < 1.29 is 28.5 Å². The maximum Gasteiger partial charge on any atom is 0.347 e. The number of ether oxygens (including phenoxy) is 4. The Morgan fingerprint density at radius 3 is 2.80 bits per heavy atom. The van der Waals surface area contributed by atoms with Gasteiger partial charge in [-0.25, -0.2) is 4.79 Å². The Bertz CT molecular complexity index is 510. The Morgan fingerprint density at radius 2 is 2.05 bits per heavy atom. The number of hydrogen-bond donors (Lipinski definition) is 0. The van der Waals surface area contributed by atoms with Gasteiger partial charge < -0.3 is 18.9 Å². The predicted molar refractivity (Wildman–Crippen MR) is 68.5 cm³/mol. The van der Waals surface area contributed by atoms with Crippen LogP contribution in [0.2, 0.25) is 0 Å². The van der Waals surface area contributed by atoms with Crippen molar-refractivity contribution in [2.24, 2.45) is 0 Å². The topological polar surface area (TPSA) is 71.1 Å². The Kier molecular flexibility index (Phi) is 4.45. The van der Waals surface area contributed by atoms with Gasteiger partial charge in [0.05, 0.1) is 13.0 Å². The summed E-state index contributed by atoms with van der Waals surface area (Å²) in [5.41, 5.74) is 0.732. The number of fused-ring (bicyclic) bond motifs is 1. The predicted octanol–water partition coefficient (Wildman–Crippen LogP) is 1.45. The smallest absolute Gasteiger partial charge is 0.347 e. The van der Waals surface area contributed by atoms with E-state index in [4.69, 9.17) is 18.9 Å². The monoisotopic (exact) mass is 280 g/mol. The van der Waals surface area contributed by atoms with Gasteiger partial charge in [0.15, 0.2) is 17.6 Å². The van der Waals surface area contributed by atoms with Crippen LogP contribution < -0.4 is 9.47 Å². The highest BCUT2D eigenvalue weighted by atomic mass is 16.7. The molecule has 0 fully saturated rings. The fraction of sp³-hybridized carbons (Fsp3) is 0.429. The van der Waals surface area contributed by atoms with Crippen LogP contribution in [0.4, 0.5) is 0 Å². The molecule has 0 aromatic heterocycles. The van der Waals surface area contributed by atoms with Crippen molar-refractivity contribution in [1.29, 1.82) is 0 Å². The molecule has 0 unspecified atom stereocenters. The van der Waals surface area contributed by atoms with E-state index >= 15 is 0 Å². The van der Waals surface area contributed by atoms with Crippen LogP contribution in [0, 0.1) is 0 Å². The van der Waals surface area contributed by atoms with Gasteiger partial charge in [0.25, 0.3) is 0 Å². The quantitative estimate of drug-likeness (QED) is 0.760. The van der Waals surface area contributed by atoms with E-state index in [0.29, 0.717) is 11.5 Å². The third kappa shape index (κ3) is 3.40. The molecule has 1 aliphatic rings. The van der Waals surface area contributed by atoms with E-state index in [1.165, 1.54) is 6.92 Å². The van der Waals surface area contributed by atoms with Crippen LogP contribution in [0.5, 0.6) is 11.5 Å². The third-order valence-corrected chi connectivity index (χ3v) is 2.71. The van der Waals surface area contributed by atoms with Crippen molar-refractivity contribution >= 4 is 11.9 Å². The highest BCUT2D eigenvalue weighted by Gasteiger charge is 2.20. The fourth-order valence-electron chi connectivity index (χ4n) is 1.76. The highest BCUT2D eigenvalue weighted by Crippen LogP contribution is 2.32. The zero-order valence-corrected chi connectivity index (χ0v) is 11.4. The summed E-state index contributed by atoms with van der Waals surface area (Å²) in [6.07, 6.45) is -0.850. The van der Waals surface area contributed by atoms with Crippen molar-refractivity contribution in [2.75, 3.05) is 13.4 Å². The molecular weight excluding hydrogens is 264 g/mol. The molecule has 6 heteroatoms. The average Bonchev–Trinajstić information content (AvgIpc) is 2.86. The van der Waals surface area contributed by atoms with Crippen molar-refractivity contribution in [3.05, 3.63) is 23.8 Å².